The summed E-state index contributed by atoms with van der Waals surface area (Å²) < 4.78 is 0. The van der Waals surface area contributed by atoms with Gasteiger partial charge in [-0.15, -0.1) is 11.8 Å². The molecule has 23 heavy (non-hydrogen) atoms. The molecule has 0 aromatic rings. The molecule has 4 nitrogen and oxygen atoms in total. The van der Waals surface area contributed by atoms with Gasteiger partial charge >= 0.3 is 0 Å². The summed E-state index contributed by atoms with van der Waals surface area (Å²) in [4.78, 5) is 29.4. The predicted molar refractivity (Wildman–Crippen MR) is 94.1 cm³/mol. The first kappa shape index (κ1) is 17.1. The Labute approximate surface area is 144 Å². The second-order valence-electron chi connectivity index (χ2n) is 7.60. The van der Waals surface area contributed by atoms with Crippen molar-refractivity contribution in [1.82, 2.24) is 9.80 Å². The predicted octanol–water partition coefficient (Wildman–Crippen LogP) is 3.12. The van der Waals surface area contributed by atoms with Gasteiger partial charge in [-0.2, -0.15) is 0 Å². The highest BCUT2D eigenvalue weighted by Gasteiger charge is 2.48. The van der Waals surface area contributed by atoms with Gasteiger partial charge in [0.25, 0.3) is 0 Å². The van der Waals surface area contributed by atoms with Gasteiger partial charge in [-0.1, -0.05) is 33.1 Å². The highest BCUT2D eigenvalue weighted by atomic mass is 32.2. The molecule has 3 aliphatic rings. The molecule has 2 saturated heterocycles. The van der Waals surface area contributed by atoms with Crippen LogP contribution in [0.15, 0.2) is 0 Å². The lowest BCUT2D eigenvalue weighted by Gasteiger charge is -2.45. The second-order valence-corrected chi connectivity index (χ2v) is 9.06. The van der Waals surface area contributed by atoms with Crippen LogP contribution in [0.5, 0.6) is 0 Å². The van der Waals surface area contributed by atoms with Crippen molar-refractivity contribution < 1.29 is 9.59 Å². The van der Waals surface area contributed by atoms with Crippen LogP contribution < -0.4 is 0 Å². The number of carbonyl (C=O) groups excluding carboxylic acids is 2. The molecule has 0 aromatic carbocycles. The van der Waals surface area contributed by atoms with Gasteiger partial charge in [-0.05, 0) is 25.7 Å². The fourth-order valence-electron chi connectivity index (χ4n) is 4.35. The van der Waals surface area contributed by atoms with E-state index in [-0.39, 0.29) is 22.6 Å². The summed E-state index contributed by atoms with van der Waals surface area (Å²) in [6.45, 7) is 6.45. The molecule has 2 amide bonds. The summed E-state index contributed by atoms with van der Waals surface area (Å²) in [5.74, 6) is 2.04. The highest BCUT2D eigenvalue weighted by Crippen LogP contribution is 2.45. The van der Waals surface area contributed by atoms with Crippen molar-refractivity contribution in [3.05, 3.63) is 0 Å². The fraction of sp³-hybridized carbons (Fsp3) is 0.889. The Balaban J connectivity index is 1.65. The van der Waals surface area contributed by atoms with E-state index in [2.05, 4.69) is 4.90 Å². The monoisotopic (exact) mass is 338 g/mol. The van der Waals surface area contributed by atoms with E-state index >= 15 is 0 Å². The number of piperidine rings is 1. The molecule has 2 heterocycles. The van der Waals surface area contributed by atoms with Gasteiger partial charge in [0.15, 0.2) is 0 Å². The molecule has 0 N–H and O–H groups in total. The summed E-state index contributed by atoms with van der Waals surface area (Å²) in [6, 6.07) is 0. The maximum absolute atomic E-state index is 13.0. The molecule has 3 fully saturated rings. The van der Waals surface area contributed by atoms with Crippen molar-refractivity contribution in [3.63, 3.8) is 0 Å². The first-order valence-corrected chi connectivity index (χ1v) is 10.3. The molecule has 0 radical (unpaired) electrons. The molecule has 2 aliphatic heterocycles. The Morgan fingerprint density at radius 1 is 1.04 bits per heavy atom. The third kappa shape index (κ3) is 3.40. The summed E-state index contributed by atoms with van der Waals surface area (Å²) in [7, 11) is 0. The zero-order valence-corrected chi connectivity index (χ0v) is 15.4. The number of thioether (sulfide) groups is 1. The maximum atomic E-state index is 13.0. The van der Waals surface area contributed by atoms with Gasteiger partial charge < -0.3 is 9.80 Å². The molecule has 0 atom stereocenters. The standard InChI is InChI=1S/C18H30N2O2S/c1-14(2)16(21)19-10-8-18(9-11-19)20(12-13-23-18)17(22)15-6-4-3-5-7-15/h14-15H,3-13H2,1-2H3. The van der Waals surface area contributed by atoms with Crippen LogP contribution >= 0.6 is 11.8 Å². The lowest BCUT2D eigenvalue weighted by Crippen LogP contribution is -2.55. The van der Waals surface area contributed by atoms with Gasteiger partial charge in [0.2, 0.25) is 11.8 Å². The van der Waals surface area contributed by atoms with Crippen molar-refractivity contribution in [1.29, 1.82) is 0 Å². The van der Waals surface area contributed by atoms with E-state index in [9.17, 15) is 9.59 Å². The lowest BCUT2D eigenvalue weighted by molar-refractivity contribution is -0.142. The quantitative estimate of drug-likeness (QED) is 0.777. The topological polar surface area (TPSA) is 40.6 Å². The average Bonchev–Trinajstić information content (AvgIpc) is 2.98. The number of rotatable bonds is 2. The SMILES string of the molecule is CC(C)C(=O)N1CCC2(CC1)SCCN2C(=O)C1CCCCC1. The number of nitrogens with zero attached hydrogens (tertiary/aromatic N) is 2. The largest absolute Gasteiger partial charge is 0.342 e. The van der Waals surface area contributed by atoms with E-state index in [1.54, 1.807) is 0 Å². The molecule has 3 rings (SSSR count). The van der Waals surface area contributed by atoms with Crippen molar-refractivity contribution in [2.45, 2.75) is 63.7 Å². The van der Waals surface area contributed by atoms with Gasteiger partial charge in [0.1, 0.15) is 0 Å². The van der Waals surface area contributed by atoms with E-state index in [0.717, 1.165) is 51.1 Å². The maximum Gasteiger partial charge on any atom is 0.226 e. The summed E-state index contributed by atoms with van der Waals surface area (Å²) in [5.41, 5.74) is 0. The molecule has 0 aromatic heterocycles. The normalized spacial score (nSPS) is 25.3. The Morgan fingerprint density at radius 3 is 2.30 bits per heavy atom. The molecular weight excluding hydrogens is 308 g/mol. The van der Waals surface area contributed by atoms with Crippen LogP contribution in [0.25, 0.3) is 0 Å². The average molecular weight is 339 g/mol. The number of hydrogen-bond donors (Lipinski definition) is 0. The van der Waals surface area contributed by atoms with Gasteiger partial charge in [-0.25, -0.2) is 0 Å². The van der Waals surface area contributed by atoms with Crippen molar-refractivity contribution >= 4 is 23.6 Å². The molecule has 1 saturated carbocycles. The minimum atomic E-state index is -0.0255. The second kappa shape index (κ2) is 7.04. The van der Waals surface area contributed by atoms with Crippen LogP contribution in [0.1, 0.15) is 58.8 Å². The van der Waals surface area contributed by atoms with Crippen LogP contribution in [0.3, 0.4) is 0 Å². The Hall–Kier alpha value is -0.710. The number of carbonyl (C=O) groups is 2. The Kier molecular flexibility index (Phi) is 5.24. The zero-order valence-electron chi connectivity index (χ0n) is 14.6. The summed E-state index contributed by atoms with van der Waals surface area (Å²) >= 11 is 1.96. The highest BCUT2D eigenvalue weighted by molar-refractivity contribution is 8.00. The lowest BCUT2D eigenvalue weighted by atomic mass is 9.87. The molecule has 0 bridgehead atoms. The van der Waals surface area contributed by atoms with Crippen molar-refractivity contribution in [3.8, 4) is 0 Å². The zero-order chi connectivity index (χ0) is 16.4. The number of likely N-dealkylation sites (tertiary alicyclic amines) is 1. The van der Waals surface area contributed by atoms with Crippen molar-refractivity contribution in [2.75, 3.05) is 25.4 Å². The number of hydrogen-bond acceptors (Lipinski definition) is 3. The Morgan fingerprint density at radius 2 is 1.70 bits per heavy atom. The molecule has 0 unspecified atom stereocenters. The van der Waals surface area contributed by atoms with E-state index in [4.69, 9.17) is 0 Å². The van der Waals surface area contributed by atoms with E-state index in [1.165, 1.54) is 19.3 Å². The summed E-state index contributed by atoms with van der Waals surface area (Å²) in [5, 5.41) is 0. The van der Waals surface area contributed by atoms with Gasteiger partial charge in [0.05, 0.1) is 4.87 Å². The van der Waals surface area contributed by atoms with Gasteiger partial charge in [-0.3, -0.25) is 9.59 Å². The van der Waals surface area contributed by atoms with Crippen LogP contribution in [-0.2, 0) is 9.59 Å². The van der Waals surface area contributed by atoms with Crippen LogP contribution in [0, 0.1) is 11.8 Å². The van der Waals surface area contributed by atoms with Crippen LogP contribution in [-0.4, -0.2) is 51.9 Å². The minimum absolute atomic E-state index is 0.0255. The molecule has 5 heteroatoms. The number of amides is 2. The Bertz CT molecular complexity index is 452. The first-order valence-electron chi connectivity index (χ1n) is 9.28. The molecule has 1 aliphatic carbocycles. The third-order valence-corrected chi connectivity index (χ3v) is 7.30. The molecule has 130 valence electrons. The van der Waals surface area contributed by atoms with Crippen LogP contribution in [0.2, 0.25) is 0 Å². The van der Waals surface area contributed by atoms with Crippen LogP contribution in [0.4, 0.5) is 0 Å². The molecular formula is C18H30N2O2S. The summed E-state index contributed by atoms with van der Waals surface area (Å²) in [6.07, 6.45) is 7.74. The fourth-order valence-corrected chi connectivity index (χ4v) is 5.81. The first-order chi connectivity index (χ1) is 11.0. The third-order valence-electron chi connectivity index (χ3n) is 5.75. The molecule has 1 spiro atoms. The minimum Gasteiger partial charge on any atom is -0.342 e. The van der Waals surface area contributed by atoms with E-state index in [0.29, 0.717) is 5.91 Å². The van der Waals surface area contributed by atoms with E-state index in [1.807, 2.05) is 30.5 Å². The van der Waals surface area contributed by atoms with Gasteiger partial charge in [0, 0.05) is 37.2 Å². The van der Waals surface area contributed by atoms with E-state index < -0.39 is 0 Å². The van der Waals surface area contributed by atoms with Crippen molar-refractivity contribution in [2.24, 2.45) is 11.8 Å². The smallest absolute Gasteiger partial charge is 0.226 e.